The number of anilines is 1. The van der Waals surface area contributed by atoms with Crippen LogP contribution in [-0.2, 0) is 0 Å². The highest BCUT2D eigenvalue weighted by Crippen LogP contribution is 2.28. The molecule has 2 nitrogen and oxygen atoms in total. The summed E-state index contributed by atoms with van der Waals surface area (Å²) in [7, 11) is 0. The smallest absolute Gasteiger partial charge is 0.0474 e. The summed E-state index contributed by atoms with van der Waals surface area (Å²) in [4.78, 5) is 2.36. The van der Waals surface area contributed by atoms with E-state index in [0.717, 1.165) is 23.6 Å². The van der Waals surface area contributed by atoms with Gasteiger partial charge in [0.05, 0.1) is 0 Å². The molecule has 0 saturated carbocycles. The topological polar surface area (TPSA) is 29.3 Å². The number of hydrogen-bond donors (Lipinski definition) is 1. The molecular weight excluding hydrogens is 232 g/mol. The van der Waals surface area contributed by atoms with Gasteiger partial charge in [0.15, 0.2) is 0 Å². The molecule has 2 N–H and O–H groups in total. The molecule has 0 saturated heterocycles. The van der Waals surface area contributed by atoms with Crippen LogP contribution in [0.4, 0.5) is 5.69 Å². The van der Waals surface area contributed by atoms with E-state index in [1.165, 1.54) is 5.69 Å². The van der Waals surface area contributed by atoms with E-state index in [1.54, 1.807) is 0 Å². The van der Waals surface area contributed by atoms with E-state index in [1.807, 2.05) is 19.1 Å². The van der Waals surface area contributed by atoms with Crippen LogP contribution in [0.1, 0.15) is 45.7 Å². The SMILES string of the molecule is CCC(C)N(CC)c1ccc(C(C)N)c(Cl)c1. The predicted molar refractivity (Wildman–Crippen MR) is 76.8 cm³/mol. The second-order valence-corrected chi connectivity index (χ2v) is 4.94. The summed E-state index contributed by atoms with van der Waals surface area (Å²) < 4.78 is 0. The van der Waals surface area contributed by atoms with Crippen LogP contribution in [0.5, 0.6) is 0 Å². The maximum Gasteiger partial charge on any atom is 0.0474 e. The zero-order chi connectivity index (χ0) is 13.0. The average molecular weight is 255 g/mol. The Balaban J connectivity index is 3.03. The Morgan fingerprint density at radius 3 is 2.35 bits per heavy atom. The molecule has 0 aliphatic carbocycles. The fraction of sp³-hybridized carbons (Fsp3) is 0.571. The molecule has 17 heavy (non-hydrogen) atoms. The van der Waals surface area contributed by atoms with E-state index in [4.69, 9.17) is 17.3 Å². The highest BCUT2D eigenvalue weighted by atomic mass is 35.5. The monoisotopic (exact) mass is 254 g/mol. The lowest BCUT2D eigenvalue weighted by Crippen LogP contribution is -2.32. The standard InChI is InChI=1S/C14H23ClN2/c1-5-10(3)17(6-2)12-7-8-13(11(4)16)14(15)9-12/h7-11H,5-6,16H2,1-4H3. The van der Waals surface area contributed by atoms with Crippen molar-refractivity contribution in [1.82, 2.24) is 0 Å². The molecule has 1 aromatic carbocycles. The quantitative estimate of drug-likeness (QED) is 0.861. The van der Waals surface area contributed by atoms with Gasteiger partial charge < -0.3 is 10.6 Å². The van der Waals surface area contributed by atoms with Gasteiger partial charge >= 0.3 is 0 Å². The lowest BCUT2D eigenvalue weighted by molar-refractivity contribution is 0.630. The molecule has 0 heterocycles. The molecule has 1 aromatic rings. The zero-order valence-corrected chi connectivity index (χ0v) is 12.0. The van der Waals surface area contributed by atoms with Gasteiger partial charge in [0, 0.05) is 29.3 Å². The van der Waals surface area contributed by atoms with Crippen LogP contribution in [0.25, 0.3) is 0 Å². The van der Waals surface area contributed by atoms with E-state index < -0.39 is 0 Å². The Bertz CT molecular complexity index is 363. The van der Waals surface area contributed by atoms with Crippen molar-refractivity contribution in [2.75, 3.05) is 11.4 Å². The van der Waals surface area contributed by atoms with Gasteiger partial charge in [-0.05, 0) is 44.9 Å². The second-order valence-electron chi connectivity index (χ2n) is 4.54. The molecule has 2 unspecified atom stereocenters. The van der Waals surface area contributed by atoms with E-state index in [0.29, 0.717) is 6.04 Å². The minimum Gasteiger partial charge on any atom is -0.369 e. The third-order valence-electron chi connectivity index (χ3n) is 3.27. The number of nitrogens with two attached hydrogens (primary N) is 1. The molecule has 0 aliphatic heterocycles. The number of benzene rings is 1. The minimum absolute atomic E-state index is 0.0183. The highest BCUT2D eigenvalue weighted by molar-refractivity contribution is 6.31. The summed E-state index contributed by atoms with van der Waals surface area (Å²) in [5.41, 5.74) is 8.05. The fourth-order valence-corrected chi connectivity index (χ4v) is 2.38. The van der Waals surface area contributed by atoms with E-state index in [2.05, 4.69) is 31.7 Å². The Kier molecular flexibility index (Phi) is 5.29. The van der Waals surface area contributed by atoms with Crippen LogP contribution in [0.2, 0.25) is 5.02 Å². The maximum absolute atomic E-state index is 6.27. The van der Waals surface area contributed by atoms with Crippen LogP contribution < -0.4 is 10.6 Å². The van der Waals surface area contributed by atoms with Gasteiger partial charge in [-0.15, -0.1) is 0 Å². The van der Waals surface area contributed by atoms with E-state index >= 15 is 0 Å². The number of rotatable bonds is 5. The van der Waals surface area contributed by atoms with Gasteiger partial charge in [-0.1, -0.05) is 24.6 Å². The molecule has 0 aromatic heterocycles. The highest BCUT2D eigenvalue weighted by Gasteiger charge is 2.13. The van der Waals surface area contributed by atoms with Crippen LogP contribution in [0.3, 0.4) is 0 Å². The summed E-state index contributed by atoms with van der Waals surface area (Å²) in [6.07, 6.45) is 1.13. The van der Waals surface area contributed by atoms with Gasteiger partial charge in [0.1, 0.15) is 0 Å². The molecular formula is C14H23ClN2. The van der Waals surface area contributed by atoms with E-state index in [-0.39, 0.29) is 6.04 Å². The van der Waals surface area contributed by atoms with Crippen LogP contribution >= 0.6 is 11.6 Å². The predicted octanol–water partition coefficient (Wildman–Crippen LogP) is 3.98. The van der Waals surface area contributed by atoms with Crippen molar-refractivity contribution in [2.24, 2.45) is 5.73 Å². The second kappa shape index (κ2) is 6.27. The van der Waals surface area contributed by atoms with Crippen LogP contribution in [0.15, 0.2) is 18.2 Å². The van der Waals surface area contributed by atoms with Crippen molar-refractivity contribution in [3.05, 3.63) is 28.8 Å². The molecule has 96 valence electrons. The molecule has 0 aliphatic rings. The number of halogens is 1. The fourth-order valence-electron chi connectivity index (χ4n) is 2.03. The summed E-state index contributed by atoms with van der Waals surface area (Å²) in [5, 5.41) is 0.763. The third-order valence-corrected chi connectivity index (χ3v) is 3.60. The van der Waals surface area contributed by atoms with Crippen LogP contribution in [-0.4, -0.2) is 12.6 Å². The lowest BCUT2D eigenvalue weighted by Gasteiger charge is -2.30. The maximum atomic E-state index is 6.27. The Hall–Kier alpha value is -0.730. The summed E-state index contributed by atoms with van der Waals surface area (Å²) in [6.45, 7) is 9.54. The first-order chi connectivity index (χ1) is 8.01. The normalized spacial score (nSPS) is 14.5. The van der Waals surface area contributed by atoms with Gasteiger partial charge in [-0.25, -0.2) is 0 Å². The van der Waals surface area contributed by atoms with Gasteiger partial charge in [0.25, 0.3) is 0 Å². The molecule has 3 heteroatoms. The Morgan fingerprint density at radius 1 is 1.29 bits per heavy atom. The van der Waals surface area contributed by atoms with Crippen molar-refractivity contribution < 1.29 is 0 Å². The van der Waals surface area contributed by atoms with Gasteiger partial charge in [0.2, 0.25) is 0 Å². The lowest BCUT2D eigenvalue weighted by atomic mass is 10.1. The molecule has 0 radical (unpaired) electrons. The Morgan fingerprint density at radius 2 is 1.94 bits per heavy atom. The van der Waals surface area contributed by atoms with E-state index in [9.17, 15) is 0 Å². The first kappa shape index (κ1) is 14.3. The third kappa shape index (κ3) is 3.36. The molecule has 0 amide bonds. The van der Waals surface area contributed by atoms with Crippen molar-refractivity contribution in [3.8, 4) is 0 Å². The van der Waals surface area contributed by atoms with Crippen molar-refractivity contribution in [2.45, 2.75) is 46.2 Å². The van der Waals surface area contributed by atoms with Crippen molar-refractivity contribution in [3.63, 3.8) is 0 Å². The summed E-state index contributed by atoms with van der Waals surface area (Å²) >= 11 is 6.27. The van der Waals surface area contributed by atoms with Gasteiger partial charge in [-0.3, -0.25) is 0 Å². The minimum atomic E-state index is -0.0183. The Labute approximate surface area is 110 Å². The largest absolute Gasteiger partial charge is 0.369 e. The first-order valence-electron chi connectivity index (χ1n) is 6.32. The van der Waals surface area contributed by atoms with Gasteiger partial charge in [-0.2, -0.15) is 0 Å². The molecule has 0 bridgehead atoms. The number of hydrogen-bond acceptors (Lipinski definition) is 2. The zero-order valence-electron chi connectivity index (χ0n) is 11.2. The van der Waals surface area contributed by atoms with Crippen molar-refractivity contribution in [1.29, 1.82) is 0 Å². The summed E-state index contributed by atoms with van der Waals surface area (Å²) in [5.74, 6) is 0. The average Bonchev–Trinajstić information content (AvgIpc) is 2.29. The number of nitrogens with zero attached hydrogens (tertiary/aromatic N) is 1. The molecule has 0 spiro atoms. The molecule has 1 rings (SSSR count). The first-order valence-corrected chi connectivity index (χ1v) is 6.70. The van der Waals surface area contributed by atoms with Crippen molar-refractivity contribution >= 4 is 17.3 Å². The molecule has 2 atom stereocenters. The van der Waals surface area contributed by atoms with Crippen LogP contribution in [0, 0.1) is 0 Å². The summed E-state index contributed by atoms with van der Waals surface area (Å²) in [6, 6.07) is 6.68. The molecule has 0 fully saturated rings.